The molecule has 2 unspecified atom stereocenters. The van der Waals surface area contributed by atoms with E-state index in [1.54, 1.807) is 0 Å². The Kier molecular flexibility index (Phi) is 1.49. The number of nitrogens with two attached hydrogens (primary N) is 3. The number of hydrogen-bond donors (Lipinski definition) is 4. The van der Waals surface area contributed by atoms with Crippen LogP contribution in [0.4, 0.5) is 0 Å². The summed E-state index contributed by atoms with van der Waals surface area (Å²) >= 11 is 0. The topological polar surface area (TPSA) is 93.3 Å². The summed E-state index contributed by atoms with van der Waals surface area (Å²) in [5.41, 5.74) is 18.4. The minimum Gasteiger partial charge on any atom is -0.309 e. The maximum absolute atomic E-state index is 6.42. The second kappa shape index (κ2) is 2.31. The lowest BCUT2D eigenvalue weighted by Crippen LogP contribution is -2.91. The maximum atomic E-state index is 6.42. The summed E-state index contributed by atoms with van der Waals surface area (Å²) in [6, 6.07) is 0. The molecule has 0 aromatic heterocycles. The maximum Gasteiger partial charge on any atom is 0.154 e. The lowest BCUT2D eigenvalue weighted by molar-refractivity contribution is -0.106. The molecule has 80 valence electrons. The number of nitrogens with zero attached hydrogens (tertiary/aromatic N) is 1. The predicted molar refractivity (Wildman–Crippen MR) is 53.9 cm³/mol. The van der Waals surface area contributed by atoms with Gasteiger partial charge in [0.1, 0.15) is 5.66 Å². The molecule has 2 bridgehead atoms. The Morgan fingerprint density at radius 2 is 1.71 bits per heavy atom. The quantitative estimate of drug-likeness (QED) is 0.347. The number of piperazine rings is 1. The third kappa shape index (κ3) is 0.788. The van der Waals surface area contributed by atoms with Crippen LogP contribution in [0.2, 0.25) is 0 Å². The Morgan fingerprint density at radius 3 is 2.36 bits per heavy atom. The molecule has 2 aliphatic heterocycles. The first kappa shape index (κ1) is 9.06. The molecular weight excluding hydrogens is 178 g/mol. The third-order valence-electron chi connectivity index (χ3n) is 4.49. The molecule has 14 heavy (non-hydrogen) atoms. The highest BCUT2D eigenvalue weighted by Gasteiger charge is 2.69. The van der Waals surface area contributed by atoms with E-state index in [0.717, 1.165) is 26.1 Å². The van der Waals surface area contributed by atoms with E-state index >= 15 is 0 Å². The highest BCUT2D eigenvalue weighted by Crippen LogP contribution is 2.59. The molecule has 0 aromatic carbocycles. The van der Waals surface area contributed by atoms with Crippen LogP contribution in [0.1, 0.15) is 19.3 Å². The Hall–Kier alpha value is -0.200. The second-order valence-electron chi connectivity index (χ2n) is 5.08. The molecule has 5 heteroatoms. The first-order valence-corrected chi connectivity index (χ1v) is 5.39. The normalized spacial score (nSPS) is 47.8. The molecule has 7 N–H and O–H groups in total. The van der Waals surface area contributed by atoms with E-state index in [-0.39, 0.29) is 5.41 Å². The summed E-state index contributed by atoms with van der Waals surface area (Å²) in [6.45, 7) is 2.80. The smallest absolute Gasteiger partial charge is 0.154 e. The SMILES string of the molecule is NC1(N)N2CCNC1(N)C1(CC2)CC1. The van der Waals surface area contributed by atoms with E-state index in [0.29, 0.717) is 0 Å². The molecule has 1 aliphatic carbocycles. The van der Waals surface area contributed by atoms with E-state index in [1.165, 1.54) is 12.8 Å². The molecular formula is C9H19N5. The molecule has 1 spiro atoms. The average Bonchev–Trinajstić information content (AvgIpc) is 2.86. The summed E-state index contributed by atoms with van der Waals surface area (Å²) in [4.78, 5) is 2.12. The molecule has 3 rings (SSSR count). The van der Waals surface area contributed by atoms with Crippen LogP contribution in [0, 0.1) is 5.41 Å². The summed E-state index contributed by atoms with van der Waals surface area (Å²) in [7, 11) is 0. The highest BCUT2D eigenvalue weighted by atomic mass is 15.5. The summed E-state index contributed by atoms with van der Waals surface area (Å²) in [5.74, 6) is -0.875. The Morgan fingerprint density at radius 1 is 1.00 bits per heavy atom. The van der Waals surface area contributed by atoms with E-state index in [9.17, 15) is 0 Å². The first-order chi connectivity index (χ1) is 6.52. The highest BCUT2D eigenvalue weighted by molar-refractivity contribution is 5.22. The molecule has 2 saturated heterocycles. The van der Waals surface area contributed by atoms with Crippen LogP contribution in [0.25, 0.3) is 0 Å². The van der Waals surface area contributed by atoms with Gasteiger partial charge in [0.25, 0.3) is 0 Å². The van der Waals surface area contributed by atoms with Gasteiger partial charge in [0.05, 0.1) is 0 Å². The minimum atomic E-state index is -0.875. The van der Waals surface area contributed by atoms with Crippen LogP contribution in [0.5, 0.6) is 0 Å². The minimum absolute atomic E-state index is 0.174. The standard InChI is InChI=1S/C9H19N5/c10-8-7(1-2-7)3-5-14(6-4-13-8)9(8,11)12/h13H,1-6,10-12H2. The van der Waals surface area contributed by atoms with Gasteiger partial charge in [-0.3, -0.25) is 21.7 Å². The number of nitrogens with one attached hydrogen (secondary N) is 1. The third-order valence-corrected chi connectivity index (χ3v) is 4.49. The van der Waals surface area contributed by atoms with Gasteiger partial charge in [-0.15, -0.1) is 0 Å². The van der Waals surface area contributed by atoms with Crippen LogP contribution in [0.15, 0.2) is 0 Å². The zero-order chi connectivity index (χ0) is 10.0. The van der Waals surface area contributed by atoms with E-state index in [1.807, 2.05) is 0 Å². The van der Waals surface area contributed by atoms with Crippen molar-refractivity contribution in [1.29, 1.82) is 0 Å². The van der Waals surface area contributed by atoms with Gasteiger partial charge < -0.3 is 5.73 Å². The number of rotatable bonds is 0. The van der Waals surface area contributed by atoms with Crippen molar-refractivity contribution >= 4 is 0 Å². The fraction of sp³-hybridized carbons (Fsp3) is 1.00. The average molecular weight is 197 g/mol. The van der Waals surface area contributed by atoms with E-state index in [2.05, 4.69) is 10.2 Å². The lowest BCUT2D eigenvalue weighted by Gasteiger charge is -2.61. The van der Waals surface area contributed by atoms with E-state index in [4.69, 9.17) is 17.2 Å². The molecule has 5 nitrogen and oxygen atoms in total. The zero-order valence-electron chi connectivity index (χ0n) is 8.42. The van der Waals surface area contributed by atoms with Crippen molar-refractivity contribution in [3.63, 3.8) is 0 Å². The summed E-state index contributed by atoms with van der Waals surface area (Å²) in [6.07, 6.45) is 3.47. The van der Waals surface area contributed by atoms with Gasteiger partial charge in [-0.05, 0) is 19.3 Å². The van der Waals surface area contributed by atoms with Gasteiger partial charge in [-0.25, -0.2) is 0 Å². The van der Waals surface area contributed by atoms with Gasteiger partial charge in [-0.1, -0.05) is 0 Å². The molecule has 0 amide bonds. The van der Waals surface area contributed by atoms with Crippen molar-refractivity contribution in [3.8, 4) is 0 Å². The van der Waals surface area contributed by atoms with Gasteiger partial charge in [0.2, 0.25) is 0 Å². The van der Waals surface area contributed by atoms with Crippen molar-refractivity contribution < 1.29 is 0 Å². The predicted octanol–water partition coefficient (Wildman–Crippen LogP) is -1.70. The van der Waals surface area contributed by atoms with Crippen molar-refractivity contribution in [2.45, 2.75) is 30.7 Å². The number of piperidine rings is 1. The van der Waals surface area contributed by atoms with Crippen molar-refractivity contribution in [2.75, 3.05) is 19.6 Å². The molecule has 2 atom stereocenters. The Bertz CT molecular complexity index is 272. The molecule has 1 saturated carbocycles. The largest absolute Gasteiger partial charge is 0.309 e. The van der Waals surface area contributed by atoms with Gasteiger partial charge in [-0.2, -0.15) is 0 Å². The molecule has 3 fully saturated rings. The Balaban J connectivity index is 2.05. The fourth-order valence-electron chi connectivity index (χ4n) is 3.21. The monoisotopic (exact) mass is 197 g/mol. The lowest BCUT2D eigenvalue weighted by atomic mass is 9.75. The van der Waals surface area contributed by atoms with Crippen LogP contribution >= 0.6 is 0 Å². The fourth-order valence-corrected chi connectivity index (χ4v) is 3.21. The van der Waals surface area contributed by atoms with Crippen LogP contribution in [-0.2, 0) is 0 Å². The van der Waals surface area contributed by atoms with Gasteiger partial charge in [0.15, 0.2) is 5.79 Å². The summed E-state index contributed by atoms with van der Waals surface area (Å²) in [5, 5.41) is 3.36. The Labute approximate surface area is 84.0 Å². The molecule has 3 aliphatic rings. The molecule has 0 aromatic rings. The van der Waals surface area contributed by atoms with Crippen molar-refractivity contribution in [1.82, 2.24) is 10.2 Å². The van der Waals surface area contributed by atoms with Crippen LogP contribution in [0.3, 0.4) is 0 Å². The van der Waals surface area contributed by atoms with Gasteiger partial charge >= 0.3 is 0 Å². The van der Waals surface area contributed by atoms with Crippen molar-refractivity contribution in [3.05, 3.63) is 0 Å². The van der Waals surface area contributed by atoms with Crippen LogP contribution < -0.4 is 22.5 Å². The molecule has 2 heterocycles. The number of fused-ring (bicyclic) bond motifs is 3. The van der Waals surface area contributed by atoms with Crippen molar-refractivity contribution in [2.24, 2.45) is 22.6 Å². The van der Waals surface area contributed by atoms with Gasteiger partial charge in [0, 0.05) is 25.0 Å². The number of hydrogen-bond acceptors (Lipinski definition) is 5. The second-order valence-corrected chi connectivity index (χ2v) is 5.08. The first-order valence-electron chi connectivity index (χ1n) is 5.39. The van der Waals surface area contributed by atoms with Crippen LogP contribution in [-0.4, -0.2) is 36.0 Å². The molecule has 0 radical (unpaired) electrons. The zero-order valence-corrected chi connectivity index (χ0v) is 8.42. The van der Waals surface area contributed by atoms with E-state index < -0.39 is 11.4 Å². The summed E-state index contributed by atoms with van der Waals surface area (Å²) < 4.78 is 0.